The van der Waals surface area contributed by atoms with E-state index in [0.29, 0.717) is 18.7 Å². The van der Waals surface area contributed by atoms with Gasteiger partial charge in [0.15, 0.2) is 0 Å². The number of rotatable bonds is 4. The molecular formula is C15H22ClFN2O2. The summed E-state index contributed by atoms with van der Waals surface area (Å²) in [4.78, 5) is 14.1. The lowest BCUT2D eigenvalue weighted by molar-refractivity contribution is -0.117. The van der Waals surface area contributed by atoms with Crippen LogP contribution in [-0.4, -0.2) is 42.6 Å². The number of amides is 1. The van der Waals surface area contributed by atoms with Gasteiger partial charge in [-0.3, -0.25) is 9.69 Å². The molecule has 2 atom stereocenters. The van der Waals surface area contributed by atoms with Crippen molar-refractivity contribution in [1.82, 2.24) is 4.90 Å². The molecule has 0 saturated carbocycles. The van der Waals surface area contributed by atoms with Gasteiger partial charge < -0.3 is 10.1 Å². The van der Waals surface area contributed by atoms with Crippen molar-refractivity contribution in [3.8, 4) is 0 Å². The lowest BCUT2D eigenvalue weighted by Crippen LogP contribution is -2.46. The first-order valence-corrected chi connectivity index (χ1v) is 6.96. The van der Waals surface area contributed by atoms with Crippen molar-refractivity contribution in [3.05, 3.63) is 30.1 Å². The predicted molar refractivity (Wildman–Crippen MR) is 83.3 cm³/mol. The number of nitrogens with zero attached hydrogens (tertiary/aromatic N) is 1. The van der Waals surface area contributed by atoms with Crippen molar-refractivity contribution in [2.75, 3.05) is 25.0 Å². The zero-order valence-corrected chi connectivity index (χ0v) is 13.2. The van der Waals surface area contributed by atoms with E-state index in [1.54, 1.807) is 12.1 Å². The SMILES string of the molecule is CC1CN(CCC(=O)Nc2ccc(F)cc2)CC(C)O1.Cl. The van der Waals surface area contributed by atoms with E-state index >= 15 is 0 Å². The Morgan fingerprint density at radius 2 is 1.86 bits per heavy atom. The van der Waals surface area contributed by atoms with E-state index in [-0.39, 0.29) is 36.3 Å². The summed E-state index contributed by atoms with van der Waals surface area (Å²) in [6.45, 7) is 6.51. The van der Waals surface area contributed by atoms with Crippen LogP contribution in [0.1, 0.15) is 20.3 Å². The van der Waals surface area contributed by atoms with Crippen molar-refractivity contribution in [3.63, 3.8) is 0 Å². The number of carbonyl (C=O) groups is 1. The van der Waals surface area contributed by atoms with Crippen molar-refractivity contribution < 1.29 is 13.9 Å². The van der Waals surface area contributed by atoms with E-state index < -0.39 is 0 Å². The molecule has 1 aliphatic heterocycles. The van der Waals surface area contributed by atoms with Crippen LogP contribution < -0.4 is 5.32 Å². The molecule has 0 aromatic heterocycles. The molecule has 0 spiro atoms. The average Bonchev–Trinajstić information content (AvgIpc) is 2.38. The van der Waals surface area contributed by atoms with Crippen LogP contribution in [0.5, 0.6) is 0 Å². The Balaban J connectivity index is 0.00000220. The Morgan fingerprint density at radius 1 is 1.29 bits per heavy atom. The third-order valence-corrected chi connectivity index (χ3v) is 3.28. The summed E-state index contributed by atoms with van der Waals surface area (Å²) in [5, 5.41) is 2.77. The van der Waals surface area contributed by atoms with Gasteiger partial charge >= 0.3 is 0 Å². The lowest BCUT2D eigenvalue weighted by Gasteiger charge is -2.35. The first kappa shape index (κ1) is 17.9. The largest absolute Gasteiger partial charge is 0.373 e. The van der Waals surface area contributed by atoms with Crippen LogP contribution in [-0.2, 0) is 9.53 Å². The molecule has 0 bridgehead atoms. The molecule has 21 heavy (non-hydrogen) atoms. The van der Waals surface area contributed by atoms with Crippen molar-refractivity contribution in [2.45, 2.75) is 32.5 Å². The van der Waals surface area contributed by atoms with E-state index in [1.165, 1.54) is 12.1 Å². The summed E-state index contributed by atoms with van der Waals surface area (Å²) < 4.78 is 18.4. The molecule has 2 unspecified atom stereocenters. The standard InChI is InChI=1S/C15H21FN2O2.ClH/c1-11-9-18(10-12(2)20-11)8-7-15(19)17-14-5-3-13(16)4-6-14;/h3-6,11-12H,7-10H2,1-2H3,(H,17,19);1H. The van der Waals surface area contributed by atoms with E-state index in [1.807, 2.05) is 13.8 Å². The minimum absolute atomic E-state index is 0. The maximum Gasteiger partial charge on any atom is 0.225 e. The molecule has 1 aliphatic rings. The maximum absolute atomic E-state index is 12.8. The zero-order valence-electron chi connectivity index (χ0n) is 12.3. The number of carbonyl (C=O) groups excluding carboxylic acids is 1. The van der Waals surface area contributed by atoms with Gasteiger partial charge in [-0.1, -0.05) is 0 Å². The third-order valence-electron chi connectivity index (χ3n) is 3.28. The Hall–Kier alpha value is -1.17. The van der Waals surface area contributed by atoms with E-state index in [0.717, 1.165) is 13.1 Å². The normalized spacial score (nSPS) is 22.4. The van der Waals surface area contributed by atoms with Crippen LogP contribution >= 0.6 is 12.4 Å². The molecule has 1 aromatic rings. The molecule has 0 aliphatic carbocycles. The van der Waals surface area contributed by atoms with Crippen LogP contribution in [0.4, 0.5) is 10.1 Å². The first-order valence-electron chi connectivity index (χ1n) is 6.96. The second-order valence-corrected chi connectivity index (χ2v) is 5.32. The quantitative estimate of drug-likeness (QED) is 0.928. The monoisotopic (exact) mass is 316 g/mol. The molecule has 1 N–H and O–H groups in total. The molecule has 1 amide bonds. The van der Waals surface area contributed by atoms with Gasteiger partial charge in [-0.15, -0.1) is 12.4 Å². The molecule has 1 fully saturated rings. The highest BCUT2D eigenvalue weighted by molar-refractivity contribution is 5.90. The fraction of sp³-hybridized carbons (Fsp3) is 0.533. The molecule has 1 saturated heterocycles. The highest BCUT2D eigenvalue weighted by atomic mass is 35.5. The van der Waals surface area contributed by atoms with Crippen molar-refractivity contribution in [2.24, 2.45) is 0 Å². The molecule has 118 valence electrons. The molecule has 6 heteroatoms. The third kappa shape index (κ3) is 5.99. The van der Waals surface area contributed by atoms with Crippen LogP contribution in [0.15, 0.2) is 24.3 Å². The summed E-state index contributed by atoms with van der Waals surface area (Å²) in [6.07, 6.45) is 0.842. The predicted octanol–water partition coefficient (Wildman–Crippen LogP) is 2.69. The van der Waals surface area contributed by atoms with Crippen molar-refractivity contribution >= 4 is 24.0 Å². The summed E-state index contributed by atoms with van der Waals surface area (Å²) >= 11 is 0. The second kappa shape index (κ2) is 8.32. The number of halogens is 2. The van der Waals surface area contributed by atoms with Gasteiger partial charge in [0.05, 0.1) is 12.2 Å². The molecule has 1 aromatic carbocycles. The highest BCUT2D eigenvalue weighted by Crippen LogP contribution is 2.12. The average molecular weight is 317 g/mol. The van der Waals surface area contributed by atoms with Gasteiger partial charge in [0.2, 0.25) is 5.91 Å². The Kier molecular flexibility index (Phi) is 7.08. The summed E-state index contributed by atoms with van der Waals surface area (Å²) in [6, 6.07) is 5.79. The number of anilines is 1. The molecule has 2 rings (SSSR count). The van der Waals surface area contributed by atoms with Gasteiger partial charge in [0, 0.05) is 31.7 Å². The first-order chi connectivity index (χ1) is 9.52. The van der Waals surface area contributed by atoms with Crippen LogP contribution in [0.3, 0.4) is 0 Å². The lowest BCUT2D eigenvalue weighted by atomic mass is 10.2. The number of morpholine rings is 1. The molecule has 4 nitrogen and oxygen atoms in total. The summed E-state index contributed by atoms with van der Waals surface area (Å²) in [5.74, 6) is -0.359. The zero-order chi connectivity index (χ0) is 14.5. The van der Waals surface area contributed by atoms with Crippen LogP contribution in [0.25, 0.3) is 0 Å². The number of nitrogens with one attached hydrogen (secondary N) is 1. The van der Waals surface area contributed by atoms with Crippen LogP contribution in [0, 0.1) is 5.82 Å². The Morgan fingerprint density at radius 3 is 2.43 bits per heavy atom. The fourth-order valence-electron chi connectivity index (χ4n) is 2.48. The number of ether oxygens (including phenoxy) is 1. The minimum Gasteiger partial charge on any atom is -0.373 e. The van der Waals surface area contributed by atoms with Gasteiger partial charge in [-0.05, 0) is 38.1 Å². The summed E-state index contributed by atoms with van der Waals surface area (Å²) in [7, 11) is 0. The molecule has 0 radical (unpaired) electrons. The van der Waals surface area contributed by atoms with Gasteiger partial charge in [-0.25, -0.2) is 4.39 Å². The number of hydrogen-bond donors (Lipinski definition) is 1. The maximum atomic E-state index is 12.8. The molecule has 1 heterocycles. The highest BCUT2D eigenvalue weighted by Gasteiger charge is 2.22. The van der Waals surface area contributed by atoms with Crippen LogP contribution in [0.2, 0.25) is 0 Å². The van der Waals surface area contributed by atoms with Crippen molar-refractivity contribution in [1.29, 1.82) is 0 Å². The number of benzene rings is 1. The van der Waals surface area contributed by atoms with E-state index in [9.17, 15) is 9.18 Å². The van der Waals surface area contributed by atoms with Gasteiger partial charge in [0.1, 0.15) is 5.82 Å². The van der Waals surface area contributed by atoms with E-state index in [4.69, 9.17) is 4.74 Å². The van der Waals surface area contributed by atoms with Gasteiger partial charge in [-0.2, -0.15) is 0 Å². The second-order valence-electron chi connectivity index (χ2n) is 5.32. The Labute approximate surface area is 131 Å². The smallest absolute Gasteiger partial charge is 0.225 e. The van der Waals surface area contributed by atoms with Gasteiger partial charge in [0.25, 0.3) is 0 Å². The summed E-state index contributed by atoms with van der Waals surface area (Å²) in [5.41, 5.74) is 0.625. The minimum atomic E-state index is -0.306. The van der Waals surface area contributed by atoms with E-state index in [2.05, 4.69) is 10.2 Å². The topological polar surface area (TPSA) is 41.6 Å². The Bertz CT molecular complexity index is 445. The number of hydrogen-bond acceptors (Lipinski definition) is 3. The fourth-order valence-corrected chi connectivity index (χ4v) is 2.48. The molecular weight excluding hydrogens is 295 g/mol.